The third-order valence-corrected chi connectivity index (χ3v) is 5.28. The summed E-state index contributed by atoms with van der Waals surface area (Å²) < 4.78 is 0. The summed E-state index contributed by atoms with van der Waals surface area (Å²) in [5.74, 6) is 0.771. The quantitative estimate of drug-likeness (QED) is 0.795. The second kappa shape index (κ2) is 6.53. The molecule has 0 radical (unpaired) electrons. The third kappa shape index (κ3) is 3.29. The Morgan fingerprint density at radius 2 is 2.35 bits per heavy atom. The molecule has 20 heavy (non-hydrogen) atoms. The highest BCUT2D eigenvalue weighted by atomic mass is 32.1. The molecule has 2 heterocycles. The van der Waals surface area contributed by atoms with Crippen molar-refractivity contribution in [3.8, 4) is 0 Å². The Labute approximate surface area is 124 Å². The number of piperidine rings is 1. The van der Waals surface area contributed by atoms with Crippen LogP contribution < -0.4 is 0 Å². The molecular weight excluding hydrogens is 268 g/mol. The van der Waals surface area contributed by atoms with E-state index in [1.807, 2.05) is 11.6 Å². The maximum atomic E-state index is 12.4. The second-order valence-corrected chi connectivity index (χ2v) is 6.76. The minimum Gasteiger partial charge on any atom is -0.342 e. The minimum absolute atomic E-state index is 0.319. The van der Waals surface area contributed by atoms with Crippen LogP contribution in [-0.2, 0) is 4.79 Å². The van der Waals surface area contributed by atoms with E-state index in [9.17, 15) is 4.79 Å². The van der Waals surface area contributed by atoms with E-state index in [1.54, 1.807) is 11.3 Å². The summed E-state index contributed by atoms with van der Waals surface area (Å²) in [5.41, 5.74) is 1.36. The van der Waals surface area contributed by atoms with Gasteiger partial charge in [0.15, 0.2) is 0 Å². The van der Waals surface area contributed by atoms with Crippen LogP contribution in [-0.4, -0.2) is 28.9 Å². The Morgan fingerprint density at radius 3 is 3.10 bits per heavy atom. The van der Waals surface area contributed by atoms with E-state index in [0.29, 0.717) is 18.2 Å². The first-order chi connectivity index (χ1) is 9.83. The highest BCUT2D eigenvalue weighted by Gasteiger charge is 2.26. The molecule has 0 aromatic carbocycles. The van der Waals surface area contributed by atoms with Crippen molar-refractivity contribution in [2.75, 3.05) is 13.1 Å². The summed E-state index contributed by atoms with van der Waals surface area (Å²) in [6, 6.07) is 0. The number of hydrogen-bond donors (Lipinski definition) is 0. The van der Waals surface area contributed by atoms with Crippen LogP contribution in [0.3, 0.4) is 0 Å². The molecule has 1 saturated heterocycles. The number of amides is 1. The minimum atomic E-state index is 0.319. The number of hydrogen-bond acceptors (Lipinski definition) is 3. The fraction of sp³-hybridized carbons (Fsp3) is 0.625. The first-order valence-corrected chi connectivity index (χ1v) is 8.56. The SMILES string of the molecule is O=C(CC1=CCCCC1)N1CCCC(c2nccs2)C1. The molecule has 0 spiro atoms. The average molecular weight is 290 g/mol. The first kappa shape index (κ1) is 13.8. The molecule has 1 atom stereocenters. The van der Waals surface area contributed by atoms with Gasteiger partial charge in [0, 0.05) is 37.0 Å². The van der Waals surface area contributed by atoms with Crippen molar-refractivity contribution in [1.82, 2.24) is 9.88 Å². The molecule has 1 aromatic rings. The lowest BCUT2D eigenvalue weighted by Gasteiger charge is -2.32. The van der Waals surface area contributed by atoms with Crippen molar-refractivity contribution < 1.29 is 4.79 Å². The molecule has 1 amide bonds. The smallest absolute Gasteiger partial charge is 0.226 e. The maximum absolute atomic E-state index is 12.4. The van der Waals surface area contributed by atoms with Gasteiger partial charge in [-0.25, -0.2) is 4.98 Å². The molecular formula is C16H22N2OS. The normalized spacial score (nSPS) is 23.5. The summed E-state index contributed by atoms with van der Waals surface area (Å²) in [6.45, 7) is 1.79. The van der Waals surface area contributed by atoms with Crippen LogP contribution in [0.15, 0.2) is 23.2 Å². The molecule has 3 rings (SSSR count). The van der Waals surface area contributed by atoms with E-state index in [0.717, 1.165) is 32.4 Å². The number of nitrogens with zero attached hydrogens (tertiary/aromatic N) is 2. The van der Waals surface area contributed by atoms with Gasteiger partial charge in [-0.2, -0.15) is 0 Å². The van der Waals surface area contributed by atoms with Gasteiger partial charge in [-0.3, -0.25) is 4.79 Å². The van der Waals surface area contributed by atoms with Crippen molar-refractivity contribution >= 4 is 17.2 Å². The zero-order valence-corrected chi connectivity index (χ0v) is 12.7. The van der Waals surface area contributed by atoms with Gasteiger partial charge in [-0.15, -0.1) is 11.3 Å². The number of carbonyl (C=O) groups is 1. The number of likely N-dealkylation sites (tertiary alicyclic amines) is 1. The molecule has 1 aliphatic carbocycles. The Bertz CT molecular complexity index is 481. The van der Waals surface area contributed by atoms with Crippen LogP contribution >= 0.6 is 11.3 Å². The largest absolute Gasteiger partial charge is 0.342 e. The Kier molecular flexibility index (Phi) is 4.51. The second-order valence-electron chi connectivity index (χ2n) is 5.83. The highest BCUT2D eigenvalue weighted by Crippen LogP contribution is 2.29. The number of rotatable bonds is 3. The summed E-state index contributed by atoms with van der Waals surface area (Å²) in [5, 5.41) is 3.22. The topological polar surface area (TPSA) is 33.2 Å². The van der Waals surface area contributed by atoms with E-state index >= 15 is 0 Å². The molecule has 1 aliphatic heterocycles. The van der Waals surface area contributed by atoms with Crippen LogP contribution in [0.25, 0.3) is 0 Å². The standard InChI is InChI=1S/C16H22N2OS/c19-15(11-13-5-2-1-3-6-13)18-9-4-7-14(12-18)16-17-8-10-20-16/h5,8,10,14H,1-4,6-7,9,11-12H2. The van der Waals surface area contributed by atoms with Crippen molar-refractivity contribution in [2.45, 2.75) is 50.9 Å². The van der Waals surface area contributed by atoms with Crippen molar-refractivity contribution in [3.05, 3.63) is 28.2 Å². The van der Waals surface area contributed by atoms with Gasteiger partial charge in [-0.1, -0.05) is 11.6 Å². The number of thiazole rings is 1. The highest BCUT2D eigenvalue weighted by molar-refractivity contribution is 7.09. The van der Waals surface area contributed by atoms with E-state index in [4.69, 9.17) is 0 Å². The molecule has 0 N–H and O–H groups in total. The number of allylic oxidation sites excluding steroid dienone is 1. The summed E-state index contributed by atoms with van der Waals surface area (Å²) in [4.78, 5) is 18.9. The van der Waals surface area contributed by atoms with Crippen LogP contribution in [0, 0.1) is 0 Å². The van der Waals surface area contributed by atoms with E-state index in [1.165, 1.54) is 29.8 Å². The van der Waals surface area contributed by atoms with Crippen molar-refractivity contribution in [3.63, 3.8) is 0 Å². The predicted octanol–water partition coefficient (Wildman–Crippen LogP) is 3.74. The summed E-state index contributed by atoms with van der Waals surface area (Å²) in [7, 11) is 0. The Balaban J connectivity index is 1.58. The van der Waals surface area contributed by atoms with E-state index in [-0.39, 0.29) is 0 Å². The van der Waals surface area contributed by atoms with Gasteiger partial charge < -0.3 is 4.90 Å². The Morgan fingerprint density at radius 1 is 1.40 bits per heavy atom. The van der Waals surface area contributed by atoms with Crippen LogP contribution in [0.4, 0.5) is 0 Å². The fourth-order valence-corrected chi connectivity index (χ4v) is 3.98. The lowest BCUT2D eigenvalue weighted by atomic mass is 9.95. The van der Waals surface area contributed by atoms with Gasteiger partial charge in [-0.05, 0) is 38.5 Å². The summed E-state index contributed by atoms with van der Waals surface area (Å²) in [6.07, 6.45) is 11.9. The number of carbonyl (C=O) groups excluding carboxylic acids is 1. The van der Waals surface area contributed by atoms with Gasteiger partial charge in [0.2, 0.25) is 5.91 Å². The molecule has 0 bridgehead atoms. The van der Waals surface area contributed by atoms with Crippen LogP contribution in [0.1, 0.15) is 55.9 Å². The molecule has 1 fully saturated rings. The lowest BCUT2D eigenvalue weighted by molar-refractivity contribution is -0.131. The van der Waals surface area contributed by atoms with E-state index < -0.39 is 0 Å². The van der Waals surface area contributed by atoms with Crippen molar-refractivity contribution in [1.29, 1.82) is 0 Å². The average Bonchev–Trinajstić information content (AvgIpc) is 3.03. The molecule has 4 heteroatoms. The fourth-order valence-electron chi connectivity index (χ4n) is 3.21. The molecule has 0 saturated carbocycles. The molecule has 108 valence electrons. The number of aromatic nitrogens is 1. The maximum Gasteiger partial charge on any atom is 0.226 e. The van der Waals surface area contributed by atoms with Crippen LogP contribution in [0.2, 0.25) is 0 Å². The predicted molar refractivity (Wildman–Crippen MR) is 81.8 cm³/mol. The monoisotopic (exact) mass is 290 g/mol. The van der Waals surface area contributed by atoms with Gasteiger partial charge in [0.1, 0.15) is 0 Å². The third-order valence-electron chi connectivity index (χ3n) is 4.34. The molecule has 1 aromatic heterocycles. The van der Waals surface area contributed by atoms with Gasteiger partial charge >= 0.3 is 0 Å². The first-order valence-electron chi connectivity index (χ1n) is 7.68. The molecule has 3 nitrogen and oxygen atoms in total. The van der Waals surface area contributed by atoms with E-state index in [2.05, 4.69) is 16.0 Å². The Hall–Kier alpha value is -1.16. The van der Waals surface area contributed by atoms with Gasteiger partial charge in [0.05, 0.1) is 5.01 Å². The lowest BCUT2D eigenvalue weighted by Crippen LogP contribution is -2.39. The molecule has 2 aliphatic rings. The van der Waals surface area contributed by atoms with Crippen LogP contribution in [0.5, 0.6) is 0 Å². The van der Waals surface area contributed by atoms with Gasteiger partial charge in [0.25, 0.3) is 0 Å². The summed E-state index contributed by atoms with van der Waals surface area (Å²) >= 11 is 1.72. The molecule has 1 unspecified atom stereocenters. The zero-order chi connectivity index (χ0) is 13.8. The zero-order valence-electron chi connectivity index (χ0n) is 11.9. The van der Waals surface area contributed by atoms with Crippen molar-refractivity contribution in [2.24, 2.45) is 0 Å².